The van der Waals surface area contributed by atoms with E-state index in [1.165, 1.54) is 12.7 Å². The van der Waals surface area contributed by atoms with Gasteiger partial charge in [0.25, 0.3) is 0 Å². The van der Waals surface area contributed by atoms with Gasteiger partial charge in [-0.25, -0.2) is 4.79 Å². The number of thioether (sulfide) groups is 2. The maximum absolute atomic E-state index is 11.6. The van der Waals surface area contributed by atoms with Crippen molar-refractivity contribution >= 4 is 28.8 Å². The molecule has 0 heterocycles. The van der Waals surface area contributed by atoms with Crippen LogP contribution in [0.25, 0.3) is 0 Å². The first-order valence-corrected chi connectivity index (χ1v) is 9.77. The minimum Gasteiger partial charge on any atom is -0.489 e. The summed E-state index contributed by atoms with van der Waals surface area (Å²) < 4.78 is 10.8. The first-order chi connectivity index (χ1) is 11.6. The highest BCUT2D eigenvalue weighted by atomic mass is 32.2. The lowest BCUT2D eigenvalue weighted by molar-refractivity contribution is 0.200. The van der Waals surface area contributed by atoms with Crippen LogP contribution in [0, 0.1) is 6.92 Å². The van der Waals surface area contributed by atoms with Gasteiger partial charge in [-0.1, -0.05) is 25.1 Å². The van der Waals surface area contributed by atoms with Gasteiger partial charge in [0.15, 0.2) is 0 Å². The van der Waals surface area contributed by atoms with Crippen molar-refractivity contribution in [2.45, 2.75) is 36.7 Å². The van der Waals surface area contributed by atoms with Crippen molar-refractivity contribution in [1.82, 2.24) is 0 Å². The molecule has 0 saturated heterocycles. The molecule has 0 radical (unpaired) electrons. The summed E-state index contributed by atoms with van der Waals surface area (Å²) in [4.78, 5) is 13.6. The largest absolute Gasteiger partial charge is 0.489 e. The van der Waals surface area contributed by atoms with Crippen molar-refractivity contribution < 1.29 is 14.3 Å². The number of hydrogen-bond donors (Lipinski definition) is 0. The number of carbonyl (C=O) groups is 1. The molecule has 24 heavy (non-hydrogen) atoms. The van der Waals surface area contributed by atoms with Crippen LogP contribution in [-0.2, 0) is 17.8 Å². The second kappa shape index (κ2) is 9.04. The molecule has 128 valence electrons. The zero-order valence-electron chi connectivity index (χ0n) is 14.4. The summed E-state index contributed by atoms with van der Waals surface area (Å²) in [6.45, 7) is 4.61. The predicted molar refractivity (Wildman–Crippen MR) is 101 cm³/mol. The summed E-state index contributed by atoms with van der Waals surface area (Å²) in [6, 6.07) is 12.2. The molecule has 0 saturated carbocycles. The second-order valence-electron chi connectivity index (χ2n) is 5.24. The molecule has 0 aliphatic heterocycles. The third-order valence-corrected chi connectivity index (χ3v) is 5.45. The maximum atomic E-state index is 11.6. The van der Waals surface area contributed by atoms with Gasteiger partial charge in [-0.3, -0.25) is 0 Å². The van der Waals surface area contributed by atoms with E-state index in [1.807, 2.05) is 30.5 Å². The summed E-state index contributed by atoms with van der Waals surface area (Å²) in [6.07, 6.45) is 3.03. The molecule has 3 nitrogen and oxygen atoms in total. The van der Waals surface area contributed by atoms with Crippen molar-refractivity contribution in [3.05, 3.63) is 53.1 Å². The van der Waals surface area contributed by atoms with Gasteiger partial charge < -0.3 is 9.47 Å². The van der Waals surface area contributed by atoms with Gasteiger partial charge in [-0.2, -0.15) is 0 Å². The molecule has 2 aromatic carbocycles. The van der Waals surface area contributed by atoms with Crippen molar-refractivity contribution in [2.24, 2.45) is 0 Å². The summed E-state index contributed by atoms with van der Waals surface area (Å²) in [5.41, 5.74) is 3.43. The predicted octanol–water partition coefficient (Wildman–Crippen LogP) is 5.72. The molecule has 0 N–H and O–H groups in total. The van der Waals surface area contributed by atoms with Crippen molar-refractivity contribution in [3.8, 4) is 5.75 Å². The first-order valence-electron chi connectivity index (χ1n) is 7.73. The third-order valence-electron chi connectivity index (χ3n) is 3.69. The van der Waals surface area contributed by atoms with Gasteiger partial charge in [-0.15, -0.1) is 11.8 Å². The summed E-state index contributed by atoms with van der Waals surface area (Å²) >= 11 is 2.73. The molecule has 0 aliphatic rings. The third kappa shape index (κ3) is 4.71. The smallest absolute Gasteiger partial charge is 0.371 e. The molecule has 0 unspecified atom stereocenters. The number of methoxy groups -OCH3 is 1. The fourth-order valence-electron chi connectivity index (χ4n) is 2.35. The lowest BCUT2D eigenvalue weighted by atomic mass is 10.1. The Morgan fingerprint density at radius 2 is 1.92 bits per heavy atom. The molecule has 5 heteroatoms. The highest BCUT2D eigenvalue weighted by Crippen LogP contribution is 2.32. The van der Waals surface area contributed by atoms with Crippen molar-refractivity contribution in [2.75, 3.05) is 13.4 Å². The Labute approximate surface area is 152 Å². The van der Waals surface area contributed by atoms with E-state index >= 15 is 0 Å². The number of aryl methyl sites for hydroxylation is 2. The Morgan fingerprint density at radius 3 is 2.54 bits per heavy atom. The van der Waals surface area contributed by atoms with E-state index < -0.39 is 0 Å². The molecule has 0 atom stereocenters. The molecular weight excluding hydrogens is 340 g/mol. The SMILES string of the molecule is CCc1ccc(OCc2c(SC)cccc2SC(=O)OC)c(C)c1. The quantitative estimate of drug-likeness (QED) is 0.485. The summed E-state index contributed by atoms with van der Waals surface area (Å²) in [7, 11) is 1.39. The monoisotopic (exact) mass is 362 g/mol. The Balaban J connectivity index is 2.23. The molecule has 0 amide bonds. The van der Waals surface area contributed by atoms with E-state index in [4.69, 9.17) is 9.47 Å². The van der Waals surface area contributed by atoms with Crippen LogP contribution >= 0.6 is 23.5 Å². The second-order valence-corrected chi connectivity index (χ2v) is 7.06. The van der Waals surface area contributed by atoms with Gasteiger partial charge in [0, 0.05) is 15.4 Å². The Kier molecular flexibility index (Phi) is 7.06. The van der Waals surface area contributed by atoms with Gasteiger partial charge in [-0.05, 0) is 60.7 Å². The van der Waals surface area contributed by atoms with Crippen LogP contribution < -0.4 is 4.74 Å². The fourth-order valence-corrected chi connectivity index (χ4v) is 3.75. The van der Waals surface area contributed by atoms with E-state index in [0.29, 0.717) is 6.61 Å². The Hall–Kier alpha value is -1.59. The minimum absolute atomic E-state index is 0.321. The molecule has 2 aromatic rings. The van der Waals surface area contributed by atoms with Crippen molar-refractivity contribution in [1.29, 1.82) is 0 Å². The van der Waals surface area contributed by atoms with Gasteiger partial charge in [0.05, 0.1) is 7.11 Å². The fraction of sp³-hybridized carbons (Fsp3) is 0.316. The number of carbonyl (C=O) groups excluding carboxylic acids is 1. The van der Waals surface area contributed by atoms with E-state index in [-0.39, 0.29) is 5.30 Å². The summed E-state index contributed by atoms with van der Waals surface area (Å²) in [5, 5.41) is -0.321. The van der Waals surface area contributed by atoms with Crippen LogP contribution in [0.3, 0.4) is 0 Å². The standard InChI is InChI=1S/C19H22O3S2/c1-5-14-9-10-16(13(2)11-14)22-12-15-17(23-4)7-6-8-18(15)24-19(20)21-3/h6-11H,5,12H2,1-4H3. The number of ether oxygens (including phenoxy) is 2. The van der Waals surface area contributed by atoms with Crippen molar-refractivity contribution in [3.63, 3.8) is 0 Å². The van der Waals surface area contributed by atoms with Crippen LogP contribution in [0.15, 0.2) is 46.2 Å². The van der Waals surface area contributed by atoms with Crippen LogP contribution in [0.1, 0.15) is 23.6 Å². The average Bonchev–Trinajstić information content (AvgIpc) is 2.60. The van der Waals surface area contributed by atoms with Crippen LogP contribution in [0.2, 0.25) is 0 Å². The van der Waals surface area contributed by atoms with Crippen LogP contribution in [-0.4, -0.2) is 18.7 Å². The minimum atomic E-state index is -0.321. The van der Waals surface area contributed by atoms with E-state index in [0.717, 1.165) is 44.9 Å². The van der Waals surface area contributed by atoms with Gasteiger partial charge >= 0.3 is 5.30 Å². The first kappa shape index (κ1) is 18.7. The lowest BCUT2D eigenvalue weighted by Gasteiger charge is -2.15. The molecule has 0 spiro atoms. The molecule has 0 bridgehead atoms. The van der Waals surface area contributed by atoms with E-state index in [2.05, 4.69) is 26.0 Å². The maximum Gasteiger partial charge on any atom is 0.371 e. The highest BCUT2D eigenvalue weighted by Gasteiger charge is 2.14. The highest BCUT2D eigenvalue weighted by molar-refractivity contribution is 8.13. The Bertz CT molecular complexity index is 714. The molecule has 0 aliphatic carbocycles. The van der Waals surface area contributed by atoms with Crippen LogP contribution in [0.5, 0.6) is 5.75 Å². The lowest BCUT2D eigenvalue weighted by Crippen LogP contribution is -2.02. The molecule has 0 aromatic heterocycles. The number of rotatable bonds is 6. The average molecular weight is 363 g/mol. The van der Waals surface area contributed by atoms with Gasteiger partial charge in [0.2, 0.25) is 0 Å². The van der Waals surface area contributed by atoms with E-state index in [9.17, 15) is 4.79 Å². The Morgan fingerprint density at radius 1 is 1.17 bits per heavy atom. The zero-order chi connectivity index (χ0) is 17.5. The molecule has 2 rings (SSSR count). The number of benzene rings is 2. The van der Waals surface area contributed by atoms with Crippen LogP contribution in [0.4, 0.5) is 4.79 Å². The van der Waals surface area contributed by atoms with Gasteiger partial charge in [0.1, 0.15) is 12.4 Å². The molecular formula is C19H22O3S2. The summed E-state index contributed by atoms with van der Waals surface area (Å²) in [5.74, 6) is 0.872. The zero-order valence-corrected chi connectivity index (χ0v) is 16.1. The van der Waals surface area contributed by atoms with E-state index in [1.54, 1.807) is 11.8 Å². The topological polar surface area (TPSA) is 35.5 Å². The normalized spacial score (nSPS) is 10.5. The number of hydrogen-bond acceptors (Lipinski definition) is 5. The molecule has 0 fully saturated rings.